The summed E-state index contributed by atoms with van der Waals surface area (Å²) in [5.41, 5.74) is 0. The van der Waals surface area contributed by atoms with Crippen molar-refractivity contribution in [3.63, 3.8) is 0 Å². The highest BCUT2D eigenvalue weighted by atomic mass is 16.5. The van der Waals surface area contributed by atoms with Crippen LogP contribution in [0.25, 0.3) is 0 Å². The monoisotopic (exact) mass is 422 g/mol. The van der Waals surface area contributed by atoms with Gasteiger partial charge in [-0.1, -0.05) is 142 Å². The van der Waals surface area contributed by atoms with Crippen LogP contribution in [0.4, 0.5) is 0 Å². The predicted molar refractivity (Wildman–Crippen MR) is 133 cm³/mol. The third-order valence-electron chi connectivity index (χ3n) is 5.97. The van der Waals surface area contributed by atoms with E-state index in [4.69, 9.17) is 4.74 Å². The number of hydrogen-bond donors (Lipinski definition) is 0. The molecular formula is C28H54O2. The van der Waals surface area contributed by atoms with Crippen molar-refractivity contribution in [2.75, 3.05) is 6.61 Å². The van der Waals surface area contributed by atoms with Crippen molar-refractivity contribution in [3.8, 4) is 0 Å². The summed E-state index contributed by atoms with van der Waals surface area (Å²) in [6, 6.07) is 0. The van der Waals surface area contributed by atoms with Crippen molar-refractivity contribution in [1.82, 2.24) is 0 Å². The Morgan fingerprint density at radius 1 is 0.533 bits per heavy atom. The number of unbranched alkanes of at least 4 members (excludes halogenated alkanes) is 20. The van der Waals surface area contributed by atoms with Crippen LogP contribution in [0.2, 0.25) is 0 Å². The zero-order chi connectivity index (χ0) is 22.0. The van der Waals surface area contributed by atoms with E-state index in [1.165, 1.54) is 128 Å². The van der Waals surface area contributed by atoms with Crippen LogP contribution in [0.15, 0.2) is 12.2 Å². The van der Waals surface area contributed by atoms with Crippen molar-refractivity contribution in [2.45, 2.75) is 155 Å². The molecule has 0 unspecified atom stereocenters. The molecule has 178 valence electrons. The minimum absolute atomic E-state index is 0.162. The van der Waals surface area contributed by atoms with Crippen LogP contribution in [0.5, 0.6) is 0 Å². The lowest BCUT2D eigenvalue weighted by Crippen LogP contribution is -2.02. The van der Waals surface area contributed by atoms with E-state index in [0.717, 1.165) is 12.8 Å². The number of hydrogen-bond acceptors (Lipinski definition) is 2. The second-order valence-electron chi connectivity index (χ2n) is 9.08. The van der Waals surface area contributed by atoms with E-state index in [1.54, 1.807) is 6.08 Å². The van der Waals surface area contributed by atoms with Crippen LogP contribution in [0, 0.1) is 0 Å². The largest absolute Gasteiger partial charge is 0.463 e. The molecule has 0 aliphatic heterocycles. The lowest BCUT2D eigenvalue weighted by atomic mass is 10.0. The summed E-state index contributed by atoms with van der Waals surface area (Å²) in [6.45, 7) is 5.09. The molecular weight excluding hydrogens is 368 g/mol. The molecule has 2 heteroatoms. The van der Waals surface area contributed by atoms with Gasteiger partial charge in [0.25, 0.3) is 0 Å². The van der Waals surface area contributed by atoms with E-state index in [2.05, 4.69) is 13.8 Å². The molecule has 0 heterocycles. The van der Waals surface area contributed by atoms with Gasteiger partial charge in [0.05, 0.1) is 6.61 Å². The molecule has 0 atom stereocenters. The van der Waals surface area contributed by atoms with Crippen molar-refractivity contribution >= 4 is 5.97 Å². The zero-order valence-electron chi connectivity index (χ0n) is 20.7. The van der Waals surface area contributed by atoms with E-state index in [9.17, 15) is 4.79 Å². The summed E-state index contributed by atoms with van der Waals surface area (Å²) in [7, 11) is 0. The Morgan fingerprint density at radius 2 is 0.900 bits per heavy atom. The molecule has 0 saturated heterocycles. The zero-order valence-corrected chi connectivity index (χ0v) is 20.7. The number of esters is 1. The average molecular weight is 423 g/mol. The van der Waals surface area contributed by atoms with Crippen molar-refractivity contribution in [2.24, 2.45) is 0 Å². The standard InChI is InChI=1S/C28H54O2/c1-3-5-7-9-11-12-13-14-15-16-17-18-19-20-21-22-24-26-28(29)30-27-25-23-10-8-6-4-2/h24,26H,3-23,25,27H2,1-2H3/b26-24+. The lowest BCUT2D eigenvalue weighted by molar-refractivity contribution is -0.137. The van der Waals surface area contributed by atoms with Gasteiger partial charge in [-0.3, -0.25) is 0 Å². The molecule has 0 bridgehead atoms. The number of allylic oxidation sites excluding steroid dienone is 1. The molecule has 0 amide bonds. The van der Waals surface area contributed by atoms with Crippen LogP contribution < -0.4 is 0 Å². The van der Waals surface area contributed by atoms with Gasteiger partial charge in [0, 0.05) is 6.08 Å². The predicted octanol–water partition coefficient (Wildman–Crippen LogP) is 9.71. The first kappa shape index (κ1) is 29.2. The van der Waals surface area contributed by atoms with Gasteiger partial charge in [-0.15, -0.1) is 0 Å². The van der Waals surface area contributed by atoms with Gasteiger partial charge in [0.2, 0.25) is 0 Å². The van der Waals surface area contributed by atoms with Crippen LogP contribution >= 0.6 is 0 Å². The second kappa shape index (κ2) is 26.2. The molecule has 0 aliphatic carbocycles. The summed E-state index contributed by atoms with van der Waals surface area (Å²) < 4.78 is 5.25. The highest BCUT2D eigenvalue weighted by Crippen LogP contribution is 2.13. The van der Waals surface area contributed by atoms with Gasteiger partial charge < -0.3 is 4.74 Å². The summed E-state index contributed by atoms with van der Waals surface area (Å²) >= 11 is 0. The van der Waals surface area contributed by atoms with E-state index >= 15 is 0 Å². The molecule has 0 radical (unpaired) electrons. The number of carbonyl (C=O) groups excluding carboxylic acids is 1. The third kappa shape index (κ3) is 25.2. The maximum Gasteiger partial charge on any atom is 0.330 e. The minimum Gasteiger partial charge on any atom is -0.463 e. The molecule has 0 fully saturated rings. The van der Waals surface area contributed by atoms with Gasteiger partial charge in [0.15, 0.2) is 0 Å². The van der Waals surface area contributed by atoms with Gasteiger partial charge in [0.1, 0.15) is 0 Å². The normalized spacial score (nSPS) is 11.4. The lowest BCUT2D eigenvalue weighted by Gasteiger charge is -2.03. The fraction of sp³-hybridized carbons (Fsp3) is 0.893. The molecule has 30 heavy (non-hydrogen) atoms. The highest BCUT2D eigenvalue weighted by molar-refractivity contribution is 5.81. The molecule has 0 aliphatic rings. The Morgan fingerprint density at radius 3 is 1.33 bits per heavy atom. The Hall–Kier alpha value is -0.790. The number of ether oxygens (including phenoxy) is 1. The molecule has 2 nitrogen and oxygen atoms in total. The van der Waals surface area contributed by atoms with Gasteiger partial charge in [-0.05, 0) is 19.3 Å². The molecule has 0 aromatic heterocycles. The van der Waals surface area contributed by atoms with Gasteiger partial charge in [-0.25, -0.2) is 4.79 Å². The smallest absolute Gasteiger partial charge is 0.330 e. The highest BCUT2D eigenvalue weighted by Gasteiger charge is 1.97. The third-order valence-corrected chi connectivity index (χ3v) is 5.97. The second-order valence-corrected chi connectivity index (χ2v) is 9.08. The first-order valence-electron chi connectivity index (χ1n) is 13.6. The van der Waals surface area contributed by atoms with Gasteiger partial charge >= 0.3 is 5.97 Å². The van der Waals surface area contributed by atoms with Crippen LogP contribution in [0.3, 0.4) is 0 Å². The van der Waals surface area contributed by atoms with Crippen molar-refractivity contribution in [1.29, 1.82) is 0 Å². The topological polar surface area (TPSA) is 26.3 Å². The molecule has 0 saturated carbocycles. The number of rotatable bonds is 24. The SMILES string of the molecule is CCCCCCCCCCCCCCCCC/C=C/C(=O)OCCCCCCCC. The maximum atomic E-state index is 11.6. The quantitative estimate of drug-likeness (QED) is 0.0878. The Bertz CT molecular complexity index is 362. The number of carbonyl (C=O) groups is 1. The van der Waals surface area contributed by atoms with E-state index in [1.807, 2.05) is 6.08 Å². The molecule has 0 spiro atoms. The van der Waals surface area contributed by atoms with Crippen molar-refractivity contribution < 1.29 is 9.53 Å². The van der Waals surface area contributed by atoms with Crippen LogP contribution in [-0.2, 0) is 9.53 Å². The van der Waals surface area contributed by atoms with E-state index in [0.29, 0.717) is 6.61 Å². The summed E-state index contributed by atoms with van der Waals surface area (Å²) in [4.78, 5) is 11.6. The Kier molecular flexibility index (Phi) is 25.6. The fourth-order valence-corrected chi connectivity index (χ4v) is 3.92. The van der Waals surface area contributed by atoms with E-state index < -0.39 is 0 Å². The molecule has 0 aromatic carbocycles. The Balaban J connectivity index is 3.19. The van der Waals surface area contributed by atoms with Crippen molar-refractivity contribution in [3.05, 3.63) is 12.2 Å². The fourth-order valence-electron chi connectivity index (χ4n) is 3.92. The first-order valence-corrected chi connectivity index (χ1v) is 13.6. The minimum atomic E-state index is -0.162. The summed E-state index contributed by atoms with van der Waals surface area (Å²) in [6.07, 6.45) is 32.9. The summed E-state index contributed by atoms with van der Waals surface area (Å²) in [5, 5.41) is 0. The maximum absolute atomic E-state index is 11.6. The average Bonchev–Trinajstić information content (AvgIpc) is 2.75. The molecule has 0 aromatic rings. The Labute approximate surface area is 189 Å². The van der Waals surface area contributed by atoms with Crippen LogP contribution in [-0.4, -0.2) is 12.6 Å². The van der Waals surface area contributed by atoms with Gasteiger partial charge in [-0.2, -0.15) is 0 Å². The molecule has 0 N–H and O–H groups in total. The molecule has 0 rings (SSSR count). The van der Waals surface area contributed by atoms with E-state index in [-0.39, 0.29) is 5.97 Å². The van der Waals surface area contributed by atoms with Crippen LogP contribution in [0.1, 0.15) is 155 Å². The first-order chi connectivity index (χ1) is 14.8. The summed E-state index contributed by atoms with van der Waals surface area (Å²) in [5.74, 6) is -0.162.